The van der Waals surface area contributed by atoms with Crippen LogP contribution in [0.4, 0.5) is 10.1 Å². The van der Waals surface area contributed by atoms with Gasteiger partial charge in [0.25, 0.3) is 5.91 Å². The summed E-state index contributed by atoms with van der Waals surface area (Å²) >= 11 is 1.25. The van der Waals surface area contributed by atoms with E-state index in [1.54, 1.807) is 48.5 Å². The fraction of sp³-hybridized carbons (Fsp3) is 0.120. The number of esters is 1. The number of hydrogen-bond donors (Lipinski definition) is 0. The van der Waals surface area contributed by atoms with Gasteiger partial charge in [-0.3, -0.25) is 4.79 Å². The third kappa shape index (κ3) is 6.19. The smallest absolute Gasteiger partial charge is 0.339 e. The Hall–Kier alpha value is -4.14. The first kappa shape index (κ1) is 23.5. The minimum atomic E-state index is -0.694. The molecule has 0 aliphatic carbocycles. The Morgan fingerprint density at radius 3 is 2.30 bits per heavy atom. The number of benzene rings is 3. The van der Waals surface area contributed by atoms with Gasteiger partial charge in [0.15, 0.2) is 6.61 Å². The zero-order chi connectivity index (χ0) is 23.6. The lowest BCUT2D eigenvalue weighted by Crippen LogP contribution is -2.35. The Bertz CT molecular complexity index is 1230. The Kier molecular flexibility index (Phi) is 8.18. The fourth-order valence-electron chi connectivity index (χ4n) is 2.95. The van der Waals surface area contributed by atoms with Crippen LogP contribution < -0.4 is 4.90 Å². The number of amides is 1. The molecule has 0 radical (unpaired) electrons. The third-order valence-corrected chi connectivity index (χ3v) is 5.70. The number of halogens is 1. The lowest BCUT2D eigenvalue weighted by atomic mass is 10.2. The zero-order valence-electron chi connectivity index (χ0n) is 17.4. The van der Waals surface area contributed by atoms with Crippen molar-refractivity contribution in [2.24, 2.45) is 0 Å². The predicted octanol–water partition coefficient (Wildman–Crippen LogP) is 4.95. The molecule has 0 saturated carbocycles. The number of carbonyl (C=O) groups excluding carboxylic acids is 2. The number of nitrogens with zero attached hydrogens (tertiary/aromatic N) is 3. The molecular weight excluding hydrogens is 441 g/mol. The molecule has 3 rings (SSSR count). The minimum Gasteiger partial charge on any atom is -0.452 e. The van der Waals surface area contributed by atoms with Crippen LogP contribution in [0.25, 0.3) is 0 Å². The van der Waals surface area contributed by atoms with E-state index in [1.807, 2.05) is 6.07 Å². The average Bonchev–Trinajstić information content (AvgIpc) is 2.84. The maximum atomic E-state index is 13.2. The van der Waals surface area contributed by atoms with Crippen LogP contribution in [0, 0.1) is 28.5 Å². The first-order chi connectivity index (χ1) is 16.0. The molecule has 164 valence electrons. The molecule has 0 aliphatic rings. The summed E-state index contributed by atoms with van der Waals surface area (Å²) in [6.07, 6.45) is 0.0643. The molecule has 8 heteroatoms. The molecule has 3 aromatic rings. The molecule has 0 saturated heterocycles. The van der Waals surface area contributed by atoms with Crippen LogP contribution in [0.5, 0.6) is 0 Å². The molecule has 3 aromatic carbocycles. The molecule has 0 fully saturated rings. The SMILES string of the molecule is N#CCCN(C(=O)COC(=O)c1ccccc1Sc1ccccc1C#N)c1ccc(F)cc1. The van der Waals surface area contributed by atoms with Crippen molar-refractivity contribution in [1.29, 1.82) is 10.5 Å². The van der Waals surface area contributed by atoms with Crippen molar-refractivity contribution in [3.05, 3.63) is 89.7 Å². The molecule has 0 bridgehead atoms. The van der Waals surface area contributed by atoms with E-state index in [-0.39, 0.29) is 18.5 Å². The molecule has 0 N–H and O–H groups in total. The first-order valence-corrected chi connectivity index (χ1v) is 10.7. The fourth-order valence-corrected chi connectivity index (χ4v) is 3.97. The van der Waals surface area contributed by atoms with Gasteiger partial charge in [-0.25, -0.2) is 9.18 Å². The summed E-state index contributed by atoms with van der Waals surface area (Å²) in [6.45, 7) is -0.467. The van der Waals surface area contributed by atoms with Gasteiger partial charge in [0, 0.05) is 22.0 Å². The van der Waals surface area contributed by atoms with E-state index in [0.717, 1.165) is 0 Å². The van der Waals surface area contributed by atoms with Crippen molar-refractivity contribution < 1.29 is 18.7 Å². The Labute approximate surface area is 194 Å². The molecule has 0 aromatic heterocycles. The normalized spacial score (nSPS) is 10.0. The maximum Gasteiger partial charge on any atom is 0.339 e. The van der Waals surface area contributed by atoms with Crippen LogP contribution in [0.1, 0.15) is 22.3 Å². The lowest BCUT2D eigenvalue weighted by molar-refractivity contribution is -0.121. The molecule has 1 amide bonds. The summed E-state index contributed by atoms with van der Waals surface area (Å²) in [4.78, 5) is 28.0. The largest absolute Gasteiger partial charge is 0.452 e. The standard InChI is InChI=1S/C25H18FN3O3S/c26-19-10-12-20(13-11-19)29(15-5-14-27)24(30)17-32-25(31)21-7-2-4-9-23(21)33-22-8-3-1-6-18(22)16-28/h1-4,6-13H,5,15,17H2. The van der Waals surface area contributed by atoms with E-state index >= 15 is 0 Å². The number of nitriles is 2. The second kappa shape index (κ2) is 11.5. The summed E-state index contributed by atoms with van der Waals surface area (Å²) in [5, 5.41) is 18.2. The molecule has 33 heavy (non-hydrogen) atoms. The minimum absolute atomic E-state index is 0.0643. The van der Waals surface area contributed by atoms with Gasteiger partial charge < -0.3 is 9.64 Å². The van der Waals surface area contributed by atoms with Crippen LogP contribution in [0.15, 0.2) is 82.6 Å². The summed E-state index contributed by atoms with van der Waals surface area (Å²) in [5.74, 6) is -1.68. The molecule has 0 aliphatic heterocycles. The Morgan fingerprint density at radius 2 is 1.61 bits per heavy atom. The number of rotatable bonds is 8. The first-order valence-electron chi connectivity index (χ1n) is 9.89. The van der Waals surface area contributed by atoms with Gasteiger partial charge in [-0.1, -0.05) is 36.0 Å². The van der Waals surface area contributed by atoms with E-state index in [2.05, 4.69) is 6.07 Å². The summed E-state index contributed by atoms with van der Waals surface area (Å²) in [6, 6.07) is 23.1. The maximum absolute atomic E-state index is 13.2. The summed E-state index contributed by atoms with van der Waals surface area (Å²) in [7, 11) is 0. The van der Waals surface area contributed by atoms with E-state index in [9.17, 15) is 19.2 Å². The van der Waals surface area contributed by atoms with Crippen LogP contribution in [-0.2, 0) is 9.53 Å². The molecular formula is C25H18FN3O3S. The second-order valence-corrected chi connectivity index (χ2v) is 7.80. The number of anilines is 1. The molecule has 0 spiro atoms. The van der Waals surface area contributed by atoms with Crippen molar-refractivity contribution in [2.45, 2.75) is 16.2 Å². The second-order valence-electron chi connectivity index (χ2n) is 6.71. The number of carbonyl (C=O) groups is 2. The molecule has 0 heterocycles. The molecule has 0 atom stereocenters. The van der Waals surface area contributed by atoms with Crippen molar-refractivity contribution in [1.82, 2.24) is 0 Å². The number of ether oxygens (including phenoxy) is 1. The quantitative estimate of drug-likeness (QED) is 0.442. The third-order valence-electron chi connectivity index (χ3n) is 4.55. The van der Waals surface area contributed by atoms with Crippen LogP contribution in [0.2, 0.25) is 0 Å². The molecule has 6 nitrogen and oxygen atoms in total. The highest BCUT2D eigenvalue weighted by molar-refractivity contribution is 7.99. The van der Waals surface area contributed by atoms with Crippen molar-refractivity contribution in [3.8, 4) is 12.1 Å². The van der Waals surface area contributed by atoms with E-state index in [0.29, 0.717) is 21.0 Å². The number of hydrogen-bond acceptors (Lipinski definition) is 6. The average molecular weight is 460 g/mol. The van der Waals surface area contributed by atoms with E-state index in [1.165, 1.54) is 40.9 Å². The van der Waals surface area contributed by atoms with Gasteiger partial charge in [-0.15, -0.1) is 0 Å². The van der Waals surface area contributed by atoms with Crippen molar-refractivity contribution in [3.63, 3.8) is 0 Å². The van der Waals surface area contributed by atoms with Crippen molar-refractivity contribution >= 4 is 29.3 Å². The van der Waals surface area contributed by atoms with E-state index < -0.39 is 24.3 Å². The summed E-state index contributed by atoms with van der Waals surface area (Å²) in [5.41, 5.74) is 1.14. The van der Waals surface area contributed by atoms with Gasteiger partial charge >= 0.3 is 5.97 Å². The van der Waals surface area contributed by atoms with Gasteiger partial charge in [0.1, 0.15) is 11.9 Å². The van der Waals surface area contributed by atoms with Gasteiger partial charge in [0.05, 0.1) is 23.6 Å². The van der Waals surface area contributed by atoms with Crippen LogP contribution >= 0.6 is 11.8 Å². The predicted molar refractivity (Wildman–Crippen MR) is 121 cm³/mol. The molecule has 0 unspecified atom stereocenters. The van der Waals surface area contributed by atoms with Gasteiger partial charge in [-0.2, -0.15) is 10.5 Å². The topological polar surface area (TPSA) is 94.2 Å². The monoisotopic (exact) mass is 459 g/mol. The lowest BCUT2D eigenvalue weighted by Gasteiger charge is -2.21. The van der Waals surface area contributed by atoms with Crippen LogP contribution in [-0.4, -0.2) is 25.0 Å². The highest BCUT2D eigenvalue weighted by Crippen LogP contribution is 2.32. The van der Waals surface area contributed by atoms with Crippen molar-refractivity contribution in [2.75, 3.05) is 18.1 Å². The summed E-state index contributed by atoms with van der Waals surface area (Å²) < 4.78 is 18.5. The van der Waals surface area contributed by atoms with E-state index in [4.69, 9.17) is 10.00 Å². The highest BCUT2D eigenvalue weighted by atomic mass is 32.2. The highest BCUT2D eigenvalue weighted by Gasteiger charge is 2.20. The Morgan fingerprint density at radius 1 is 0.939 bits per heavy atom. The van der Waals surface area contributed by atoms with Gasteiger partial charge in [-0.05, 0) is 48.5 Å². The Balaban J connectivity index is 1.73. The van der Waals surface area contributed by atoms with Crippen LogP contribution in [0.3, 0.4) is 0 Å². The van der Waals surface area contributed by atoms with Gasteiger partial charge in [0.2, 0.25) is 0 Å². The zero-order valence-corrected chi connectivity index (χ0v) is 18.2.